The molecule has 0 atom stereocenters. The molecular weight excluding hydrogens is 1580 g/mol. The van der Waals surface area contributed by atoms with E-state index in [9.17, 15) is 0 Å². The molecule has 9 heterocycles. The Balaban J connectivity index is 0.000000103. The van der Waals surface area contributed by atoms with Crippen LogP contribution in [-0.2, 0) is 0 Å². The van der Waals surface area contributed by atoms with Crippen molar-refractivity contribution in [1.29, 1.82) is 0 Å². The van der Waals surface area contributed by atoms with E-state index in [0.717, 1.165) is 154 Å². The number of nitrogens with zero attached hydrogens (tertiary/aromatic N) is 9. The van der Waals surface area contributed by atoms with Gasteiger partial charge in [-0.1, -0.05) is 309 Å². The Hall–Kier alpha value is -16.4. The minimum absolute atomic E-state index is 0.658. The highest BCUT2D eigenvalue weighted by Gasteiger charge is 2.25. The minimum atomic E-state index is 0.658. The number of hydrogen-bond donors (Lipinski definition) is 0. The fourth-order valence-corrected chi connectivity index (χ4v) is 20.9. The molecule has 0 saturated carbocycles. The van der Waals surface area contributed by atoms with Gasteiger partial charge in [0.15, 0.2) is 0 Å². The summed E-state index contributed by atoms with van der Waals surface area (Å²) in [6.45, 7) is 0. The zero-order valence-corrected chi connectivity index (χ0v) is 69.2. The van der Waals surface area contributed by atoms with Gasteiger partial charge in [0.2, 0.25) is 17.8 Å². The van der Waals surface area contributed by atoms with Gasteiger partial charge in [0.1, 0.15) is 5.58 Å². The van der Waals surface area contributed by atoms with Crippen molar-refractivity contribution in [3.05, 3.63) is 418 Å². The highest BCUT2D eigenvalue weighted by molar-refractivity contribution is 7.22. The Kier molecular flexibility index (Phi) is 17.1. The highest BCUT2D eigenvalue weighted by atomic mass is 32.1. The molecule has 0 fully saturated rings. The maximum absolute atomic E-state index is 5.88. The Morgan fingerprint density at radius 1 is 0.214 bits per heavy atom. The first-order chi connectivity index (χ1) is 62.5. The summed E-state index contributed by atoms with van der Waals surface area (Å²) in [6.07, 6.45) is 1.86. The summed E-state index contributed by atoms with van der Waals surface area (Å²) in [5.74, 6) is 2.02. The van der Waals surface area contributed by atoms with Gasteiger partial charge in [-0.2, -0.15) is 0 Å². The molecule has 9 aromatic heterocycles. The summed E-state index contributed by atoms with van der Waals surface area (Å²) in [4.78, 5) is 33.0. The molecule has 12 heteroatoms. The van der Waals surface area contributed by atoms with E-state index < -0.39 is 0 Å². The standard InChI is InChI=1S/C38H23N3O.2C38H23N3S/c1-2-11-25(12-3-1)36-30-20-18-24-10-4-5-13-27(24)37(30)40-38(39-36)41-33-16-8-6-14-28(33)31-22-26(19-21-34(31)41)32-23-42-35-17-9-7-15-29(32)35;1-2-11-25(12-3-1)36-30-20-18-24-10-4-6-14-28(24)37(30)40-38(39-36)41-32-16-8-7-15-29(32)31-22-27(19-21-33(31)41)35-23-26-13-5-9-17-34(26)42-35;1-2-11-25(12-3-1)36-30-20-18-24-10-4-5-13-27(24)37(30)40-38(39-36)41-33-16-8-6-14-28(33)31-22-26(19-21-34(31)41)32-23-42-35-17-9-7-15-29(32)35/h3*1-23H. The molecule has 0 aliphatic rings. The maximum Gasteiger partial charge on any atom is 0.235 e. The summed E-state index contributed by atoms with van der Waals surface area (Å²) in [5.41, 5.74) is 22.2. The maximum atomic E-state index is 5.88. The molecule has 10 nitrogen and oxygen atoms in total. The molecule has 588 valence electrons. The van der Waals surface area contributed by atoms with Crippen LogP contribution < -0.4 is 0 Å². The molecular formula is C114H69N9OS2. The highest BCUT2D eigenvalue weighted by Crippen LogP contribution is 2.46. The van der Waals surface area contributed by atoms with E-state index in [0.29, 0.717) is 17.8 Å². The Labute approximate surface area is 729 Å². The minimum Gasteiger partial charge on any atom is -0.464 e. The summed E-state index contributed by atoms with van der Waals surface area (Å²) in [5, 5.41) is 23.1. The van der Waals surface area contributed by atoms with Crippen LogP contribution in [-0.4, -0.2) is 43.6 Å². The van der Waals surface area contributed by atoms with E-state index in [-0.39, 0.29) is 0 Å². The van der Waals surface area contributed by atoms with Crippen molar-refractivity contribution in [2.75, 3.05) is 0 Å². The van der Waals surface area contributed by atoms with Gasteiger partial charge in [0.05, 0.1) is 73.0 Å². The third-order valence-corrected chi connectivity index (χ3v) is 26.9. The van der Waals surface area contributed by atoms with Crippen molar-refractivity contribution >= 4 is 184 Å². The summed E-state index contributed by atoms with van der Waals surface area (Å²) < 4.78 is 15.2. The molecule has 18 aromatic carbocycles. The first kappa shape index (κ1) is 72.4. The molecule has 126 heavy (non-hydrogen) atoms. The Morgan fingerprint density at radius 2 is 0.556 bits per heavy atom. The molecule has 0 aliphatic carbocycles. The first-order valence-corrected chi connectivity index (χ1v) is 44.0. The SMILES string of the molecule is c1ccc(-c2nc(-n3c4ccccc4c4cc(-c5cc6ccccc6s5)ccc43)nc3c2ccc2ccccc23)cc1.c1ccc(-c2nc(-n3c4ccccc4c4cc(-c5coc6ccccc56)ccc43)nc3c2ccc2ccccc23)cc1.c1ccc(-c2nc(-n3c4ccccc4c4cc(-c5csc6ccccc56)ccc43)nc3c2ccc2ccccc23)cc1. The van der Waals surface area contributed by atoms with Crippen LogP contribution in [0.2, 0.25) is 0 Å². The molecule has 0 bridgehead atoms. The number of para-hydroxylation sites is 4. The fraction of sp³-hybridized carbons (Fsp3) is 0. The van der Waals surface area contributed by atoms with Crippen LogP contribution in [0.4, 0.5) is 0 Å². The van der Waals surface area contributed by atoms with Crippen LogP contribution in [0.25, 0.3) is 246 Å². The number of benzene rings is 18. The van der Waals surface area contributed by atoms with Gasteiger partial charge in [-0.25, -0.2) is 29.9 Å². The van der Waals surface area contributed by atoms with Crippen LogP contribution in [0.5, 0.6) is 0 Å². The lowest BCUT2D eigenvalue weighted by molar-refractivity contribution is 0.617. The molecule has 0 saturated heterocycles. The van der Waals surface area contributed by atoms with Crippen LogP contribution in [0.1, 0.15) is 0 Å². The van der Waals surface area contributed by atoms with Crippen molar-refractivity contribution in [3.63, 3.8) is 0 Å². The average Bonchev–Trinajstić information content (AvgIpc) is 1.19. The third kappa shape index (κ3) is 12.1. The zero-order chi connectivity index (χ0) is 82.9. The number of aromatic nitrogens is 9. The normalized spacial score (nSPS) is 11.8. The van der Waals surface area contributed by atoms with Crippen molar-refractivity contribution in [2.45, 2.75) is 0 Å². The van der Waals surface area contributed by atoms with E-state index in [1.54, 1.807) is 11.3 Å². The van der Waals surface area contributed by atoms with Gasteiger partial charge in [-0.15, -0.1) is 22.7 Å². The largest absolute Gasteiger partial charge is 0.464 e. The summed E-state index contributed by atoms with van der Waals surface area (Å²) in [6, 6.07) is 143. The van der Waals surface area contributed by atoms with Gasteiger partial charge < -0.3 is 4.42 Å². The Bertz CT molecular complexity index is 8680. The summed E-state index contributed by atoms with van der Waals surface area (Å²) in [7, 11) is 0. The monoisotopic (exact) mass is 1640 g/mol. The molecule has 27 aromatic rings. The van der Waals surface area contributed by atoms with Crippen molar-refractivity contribution in [3.8, 4) is 84.3 Å². The first-order valence-electron chi connectivity index (χ1n) is 42.3. The zero-order valence-electron chi connectivity index (χ0n) is 67.6. The van der Waals surface area contributed by atoms with Gasteiger partial charge >= 0.3 is 0 Å². The van der Waals surface area contributed by atoms with Gasteiger partial charge in [-0.3, -0.25) is 13.7 Å². The molecule has 0 spiro atoms. The number of thiophene rings is 2. The lowest BCUT2D eigenvalue weighted by Crippen LogP contribution is -2.03. The molecule has 0 aliphatic heterocycles. The van der Waals surface area contributed by atoms with E-state index in [4.69, 9.17) is 34.3 Å². The second-order valence-electron chi connectivity index (χ2n) is 32.0. The Morgan fingerprint density at radius 3 is 1.00 bits per heavy atom. The number of furan rings is 1. The van der Waals surface area contributed by atoms with E-state index in [2.05, 4.69) is 395 Å². The average molecular weight is 1650 g/mol. The predicted octanol–water partition coefficient (Wildman–Crippen LogP) is 30.8. The quantitative estimate of drug-likeness (QED) is 0.133. The smallest absolute Gasteiger partial charge is 0.235 e. The van der Waals surface area contributed by atoms with E-state index >= 15 is 0 Å². The number of hydrogen-bond acceptors (Lipinski definition) is 9. The van der Waals surface area contributed by atoms with Gasteiger partial charge in [0.25, 0.3) is 0 Å². The molecule has 0 radical (unpaired) electrons. The fourth-order valence-electron chi connectivity index (χ4n) is 18.9. The number of fused-ring (bicyclic) bond motifs is 21. The lowest BCUT2D eigenvalue weighted by atomic mass is 10.0. The van der Waals surface area contributed by atoms with Crippen LogP contribution in [0.3, 0.4) is 0 Å². The van der Waals surface area contributed by atoms with Crippen molar-refractivity contribution < 1.29 is 4.42 Å². The number of rotatable bonds is 9. The van der Waals surface area contributed by atoms with E-state index in [1.807, 2.05) is 47.9 Å². The van der Waals surface area contributed by atoms with Gasteiger partial charge in [0, 0.05) is 118 Å². The van der Waals surface area contributed by atoms with Crippen molar-refractivity contribution in [1.82, 2.24) is 43.6 Å². The summed E-state index contributed by atoms with van der Waals surface area (Å²) >= 11 is 3.63. The van der Waals surface area contributed by atoms with Crippen LogP contribution in [0.15, 0.2) is 423 Å². The van der Waals surface area contributed by atoms with Crippen molar-refractivity contribution in [2.24, 2.45) is 0 Å². The topological polar surface area (TPSA) is 105 Å². The second-order valence-corrected chi connectivity index (χ2v) is 34.0. The predicted molar refractivity (Wildman–Crippen MR) is 527 cm³/mol. The van der Waals surface area contributed by atoms with E-state index in [1.165, 1.54) is 74.1 Å². The van der Waals surface area contributed by atoms with Crippen LogP contribution in [0, 0.1) is 0 Å². The molecule has 0 amide bonds. The molecule has 27 rings (SSSR count). The lowest BCUT2D eigenvalue weighted by Gasteiger charge is -2.13. The van der Waals surface area contributed by atoms with Crippen LogP contribution >= 0.6 is 22.7 Å². The van der Waals surface area contributed by atoms with Gasteiger partial charge in [-0.05, 0) is 141 Å². The third-order valence-electron chi connectivity index (χ3n) is 24.8. The molecule has 0 N–H and O–H groups in total. The second kappa shape index (κ2) is 29.8. The molecule has 0 unspecified atom stereocenters.